The van der Waals surface area contributed by atoms with Gasteiger partial charge in [0.05, 0.1) is 18.1 Å². The van der Waals surface area contributed by atoms with Gasteiger partial charge in [0.1, 0.15) is 0 Å². The summed E-state index contributed by atoms with van der Waals surface area (Å²) in [5.74, 6) is -0.436. The first kappa shape index (κ1) is 9.89. The molecule has 2 rings (SSSR count). The Morgan fingerprint density at radius 1 is 1.54 bits per heavy atom. The topological polar surface area (TPSA) is 18.5 Å². The summed E-state index contributed by atoms with van der Waals surface area (Å²) >= 11 is 4.02. The van der Waals surface area contributed by atoms with E-state index in [9.17, 15) is 0 Å². The summed E-state index contributed by atoms with van der Waals surface area (Å²) in [7, 11) is 0. The van der Waals surface area contributed by atoms with Crippen LogP contribution >= 0.6 is 33.9 Å². The lowest BCUT2D eigenvalue weighted by molar-refractivity contribution is -0.164. The highest BCUT2D eigenvalue weighted by atomic mass is 127. The molecule has 2 nitrogen and oxygen atoms in total. The third-order valence-corrected chi connectivity index (χ3v) is 4.26. The molecule has 0 atom stereocenters. The van der Waals surface area contributed by atoms with E-state index < -0.39 is 5.79 Å². The molecule has 0 amide bonds. The van der Waals surface area contributed by atoms with Crippen LogP contribution in [0.2, 0.25) is 0 Å². The molecule has 0 saturated carbocycles. The van der Waals surface area contributed by atoms with Crippen LogP contribution in [0.15, 0.2) is 11.4 Å². The summed E-state index contributed by atoms with van der Waals surface area (Å²) in [6, 6.07) is 2.14. The van der Waals surface area contributed by atoms with E-state index in [1.807, 2.05) is 0 Å². The van der Waals surface area contributed by atoms with Crippen LogP contribution in [0.4, 0.5) is 0 Å². The number of hydrogen-bond donors (Lipinski definition) is 0. The average molecular weight is 310 g/mol. The summed E-state index contributed by atoms with van der Waals surface area (Å²) in [6.07, 6.45) is 0.879. The van der Waals surface area contributed by atoms with E-state index in [0.717, 1.165) is 6.42 Å². The molecule has 4 heteroatoms. The molecule has 1 fully saturated rings. The zero-order chi connectivity index (χ0) is 9.31. The highest BCUT2D eigenvalue weighted by Crippen LogP contribution is 2.38. The van der Waals surface area contributed by atoms with Crippen molar-refractivity contribution in [3.8, 4) is 0 Å². The fraction of sp³-hybridized carbons (Fsp3) is 0.556. The lowest BCUT2D eigenvalue weighted by Gasteiger charge is -2.24. The molecule has 1 saturated heterocycles. The quantitative estimate of drug-likeness (QED) is 0.782. The van der Waals surface area contributed by atoms with Gasteiger partial charge < -0.3 is 9.47 Å². The second-order valence-electron chi connectivity index (χ2n) is 2.93. The van der Waals surface area contributed by atoms with Gasteiger partial charge >= 0.3 is 0 Å². The molecule has 0 aromatic carbocycles. The van der Waals surface area contributed by atoms with E-state index in [1.165, 1.54) is 8.45 Å². The number of halogens is 1. The fourth-order valence-electron chi connectivity index (χ4n) is 1.49. The van der Waals surface area contributed by atoms with Crippen molar-refractivity contribution in [3.63, 3.8) is 0 Å². The van der Waals surface area contributed by atoms with E-state index in [4.69, 9.17) is 9.47 Å². The van der Waals surface area contributed by atoms with Crippen LogP contribution in [-0.4, -0.2) is 13.2 Å². The summed E-state index contributed by atoms with van der Waals surface area (Å²) < 4.78 is 12.6. The molecule has 72 valence electrons. The number of thiophene rings is 1. The predicted molar refractivity (Wildman–Crippen MR) is 60.9 cm³/mol. The SMILES string of the molecule is CCC1(c2cc(I)cs2)OCCO1. The van der Waals surface area contributed by atoms with E-state index >= 15 is 0 Å². The zero-order valence-electron chi connectivity index (χ0n) is 7.38. The van der Waals surface area contributed by atoms with Gasteiger partial charge in [-0.3, -0.25) is 0 Å². The van der Waals surface area contributed by atoms with Crippen molar-refractivity contribution in [1.29, 1.82) is 0 Å². The minimum atomic E-state index is -0.436. The second kappa shape index (κ2) is 3.84. The zero-order valence-corrected chi connectivity index (χ0v) is 10.4. The van der Waals surface area contributed by atoms with Crippen LogP contribution in [0.1, 0.15) is 18.2 Å². The molecule has 1 aliphatic heterocycles. The van der Waals surface area contributed by atoms with Gasteiger partial charge in [-0.05, 0) is 28.7 Å². The van der Waals surface area contributed by atoms with Gasteiger partial charge in [-0.15, -0.1) is 11.3 Å². The summed E-state index contributed by atoms with van der Waals surface area (Å²) in [5, 5.41) is 2.12. The Balaban J connectivity index is 2.30. The Labute approximate surface area is 95.4 Å². The standard InChI is InChI=1S/C9H11IO2S/c1-2-9(11-3-4-12-9)8-5-7(10)6-13-8/h5-6H,2-4H2,1H3. The first-order valence-corrected chi connectivity index (χ1v) is 6.25. The molecule has 0 bridgehead atoms. The molecule has 1 aliphatic rings. The van der Waals surface area contributed by atoms with Crippen molar-refractivity contribution in [1.82, 2.24) is 0 Å². The van der Waals surface area contributed by atoms with Gasteiger partial charge in [0.25, 0.3) is 0 Å². The molecule has 2 heterocycles. The second-order valence-corrected chi connectivity index (χ2v) is 5.09. The molecule has 1 aromatic heterocycles. The van der Waals surface area contributed by atoms with Gasteiger partial charge in [-0.1, -0.05) is 6.92 Å². The first-order valence-electron chi connectivity index (χ1n) is 4.29. The van der Waals surface area contributed by atoms with Gasteiger partial charge in [0, 0.05) is 15.4 Å². The molecule has 1 aromatic rings. The van der Waals surface area contributed by atoms with E-state index in [0.29, 0.717) is 13.2 Å². The first-order chi connectivity index (χ1) is 6.27. The van der Waals surface area contributed by atoms with Gasteiger partial charge in [-0.2, -0.15) is 0 Å². The number of rotatable bonds is 2. The normalized spacial score (nSPS) is 20.8. The average Bonchev–Trinajstić information content (AvgIpc) is 2.73. The Morgan fingerprint density at radius 2 is 2.23 bits per heavy atom. The van der Waals surface area contributed by atoms with Gasteiger partial charge in [-0.25, -0.2) is 0 Å². The number of hydrogen-bond acceptors (Lipinski definition) is 3. The molecule has 0 radical (unpaired) electrons. The Bertz CT molecular complexity index is 292. The molecule has 0 N–H and O–H groups in total. The molecule has 0 aliphatic carbocycles. The van der Waals surface area contributed by atoms with E-state index in [2.05, 4.69) is 41.0 Å². The molecular formula is C9H11IO2S. The summed E-state index contributed by atoms with van der Waals surface area (Å²) in [5.41, 5.74) is 0. The van der Waals surface area contributed by atoms with Crippen LogP contribution in [0, 0.1) is 3.57 Å². The molecule has 0 spiro atoms. The van der Waals surface area contributed by atoms with Crippen LogP contribution in [0.5, 0.6) is 0 Å². The highest BCUT2D eigenvalue weighted by molar-refractivity contribution is 14.1. The monoisotopic (exact) mass is 310 g/mol. The fourth-order valence-corrected chi connectivity index (χ4v) is 3.34. The maximum Gasteiger partial charge on any atom is 0.204 e. The van der Waals surface area contributed by atoms with E-state index in [-0.39, 0.29) is 0 Å². The Morgan fingerprint density at radius 3 is 2.69 bits per heavy atom. The summed E-state index contributed by atoms with van der Waals surface area (Å²) in [6.45, 7) is 3.52. The van der Waals surface area contributed by atoms with Gasteiger partial charge in [0.2, 0.25) is 5.79 Å². The molecule has 13 heavy (non-hydrogen) atoms. The highest BCUT2D eigenvalue weighted by Gasteiger charge is 2.37. The Kier molecular flexibility index (Phi) is 2.92. The third-order valence-electron chi connectivity index (χ3n) is 2.16. The molecular weight excluding hydrogens is 299 g/mol. The lowest BCUT2D eigenvalue weighted by atomic mass is 10.2. The maximum absolute atomic E-state index is 5.67. The van der Waals surface area contributed by atoms with Crippen LogP contribution < -0.4 is 0 Å². The van der Waals surface area contributed by atoms with Crippen molar-refractivity contribution < 1.29 is 9.47 Å². The minimum Gasteiger partial charge on any atom is -0.343 e. The Hall–Kier alpha value is 0.350. The summed E-state index contributed by atoms with van der Waals surface area (Å²) in [4.78, 5) is 1.19. The van der Waals surface area contributed by atoms with Crippen molar-refractivity contribution >= 4 is 33.9 Å². The number of ether oxygens (including phenoxy) is 2. The van der Waals surface area contributed by atoms with Crippen LogP contribution in [0.3, 0.4) is 0 Å². The molecule has 0 unspecified atom stereocenters. The van der Waals surface area contributed by atoms with Crippen molar-refractivity contribution in [2.75, 3.05) is 13.2 Å². The lowest BCUT2D eigenvalue weighted by Crippen LogP contribution is -2.24. The largest absolute Gasteiger partial charge is 0.343 e. The van der Waals surface area contributed by atoms with Crippen molar-refractivity contribution in [2.24, 2.45) is 0 Å². The maximum atomic E-state index is 5.67. The predicted octanol–water partition coefficient (Wildman–Crippen LogP) is 2.96. The van der Waals surface area contributed by atoms with Crippen molar-refractivity contribution in [3.05, 3.63) is 19.9 Å². The van der Waals surface area contributed by atoms with Gasteiger partial charge in [0.15, 0.2) is 0 Å². The minimum absolute atomic E-state index is 0.436. The smallest absolute Gasteiger partial charge is 0.204 e. The van der Waals surface area contributed by atoms with Crippen LogP contribution in [-0.2, 0) is 15.3 Å². The third kappa shape index (κ3) is 1.77. The van der Waals surface area contributed by atoms with Crippen LogP contribution in [0.25, 0.3) is 0 Å². The van der Waals surface area contributed by atoms with Crippen molar-refractivity contribution in [2.45, 2.75) is 19.1 Å². The van der Waals surface area contributed by atoms with E-state index in [1.54, 1.807) is 11.3 Å².